The van der Waals surface area contributed by atoms with Crippen LogP contribution in [0.1, 0.15) is 16.8 Å². The fourth-order valence-corrected chi connectivity index (χ4v) is 1.58. The largest absolute Gasteiger partial charge is 0.340 e. The highest BCUT2D eigenvalue weighted by Gasteiger charge is 2.01. The Morgan fingerprint density at radius 2 is 2.00 bits per heavy atom. The number of nitrogens with one attached hydrogen (secondary N) is 1. The van der Waals surface area contributed by atoms with E-state index >= 15 is 0 Å². The van der Waals surface area contributed by atoms with Crippen LogP contribution in [0.4, 0.5) is 11.5 Å². The molecule has 0 aliphatic rings. The van der Waals surface area contributed by atoms with E-state index in [4.69, 9.17) is 5.26 Å². The van der Waals surface area contributed by atoms with Crippen molar-refractivity contribution in [3.05, 3.63) is 53.2 Å². The first-order chi connectivity index (χ1) is 8.19. The van der Waals surface area contributed by atoms with Gasteiger partial charge in [-0.2, -0.15) is 5.26 Å². The molecule has 2 rings (SSSR count). The van der Waals surface area contributed by atoms with Crippen molar-refractivity contribution in [3.8, 4) is 6.07 Å². The van der Waals surface area contributed by atoms with Crippen molar-refractivity contribution in [1.82, 2.24) is 4.98 Å². The quantitative estimate of drug-likeness (QED) is 0.849. The van der Waals surface area contributed by atoms with E-state index in [1.54, 1.807) is 6.07 Å². The second-order valence-electron chi connectivity index (χ2n) is 3.96. The zero-order chi connectivity index (χ0) is 12.3. The first-order valence-electron chi connectivity index (χ1n) is 5.40. The van der Waals surface area contributed by atoms with Gasteiger partial charge >= 0.3 is 0 Å². The van der Waals surface area contributed by atoms with Gasteiger partial charge < -0.3 is 5.32 Å². The molecule has 2 aromatic rings. The molecule has 3 heteroatoms. The van der Waals surface area contributed by atoms with Crippen molar-refractivity contribution in [2.75, 3.05) is 5.32 Å². The van der Waals surface area contributed by atoms with Crippen LogP contribution in [-0.2, 0) is 0 Å². The molecule has 0 amide bonds. The Balaban J connectivity index is 2.31. The third-order valence-electron chi connectivity index (χ3n) is 2.52. The maximum Gasteiger partial charge on any atom is 0.142 e. The Morgan fingerprint density at radius 1 is 1.18 bits per heavy atom. The van der Waals surface area contributed by atoms with Gasteiger partial charge in [-0.15, -0.1) is 0 Å². The van der Waals surface area contributed by atoms with E-state index in [-0.39, 0.29) is 0 Å². The summed E-state index contributed by atoms with van der Waals surface area (Å²) < 4.78 is 0. The Bertz CT molecular complexity index is 582. The van der Waals surface area contributed by atoms with Gasteiger partial charge in [-0.3, -0.25) is 0 Å². The fourth-order valence-electron chi connectivity index (χ4n) is 1.58. The summed E-state index contributed by atoms with van der Waals surface area (Å²) >= 11 is 0. The molecule has 0 saturated carbocycles. The molecule has 0 bridgehead atoms. The fraction of sp³-hybridized carbons (Fsp3) is 0.143. The predicted molar refractivity (Wildman–Crippen MR) is 68.2 cm³/mol. The van der Waals surface area contributed by atoms with Crippen molar-refractivity contribution in [2.45, 2.75) is 13.8 Å². The molecule has 1 N–H and O–H groups in total. The summed E-state index contributed by atoms with van der Waals surface area (Å²) in [5.74, 6) is 0.692. The van der Waals surface area contributed by atoms with E-state index < -0.39 is 0 Å². The van der Waals surface area contributed by atoms with Crippen LogP contribution in [0.25, 0.3) is 0 Å². The second-order valence-corrected chi connectivity index (χ2v) is 3.96. The van der Waals surface area contributed by atoms with Crippen molar-refractivity contribution < 1.29 is 0 Å². The van der Waals surface area contributed by atoms with Gasteiger partial charge in [-0.05, 0) is 43.2 Å². The summed E-state index contributed by atoms with van der Waals surface area (Å²) in [4.78, 5) is 4.19. The lowest BCUT2D eigenvalue weighted by Gasteiger charge is -2.09. The van der Waals surface area contributed by atoms with Crippen molar-refractivity contribution >= 4 is 11.5 Å². The van der Waals surface area contributed by atoms with Crippen molar-refractivity contribution in [1.29, 1.82) is 5.26 Å². The lowest BCUT2D eigenvalue weighted by molar-refractivity contribution is 1.25. The molecule has 0 aliphatic carbocycles. The van der Waals surface area contributed by atoms with Crippen LogP contribution in [0.15, 0.2) is 36.4 Å². The second kappa shape index (κ2) is 4.67. The van der Waals surface area contributed by atoms with Gasteiger partial charge in [0.25, 0.3) is 0 Å². The van der Waals surface area contributed by atoms with E-state index in [2.05, 4.69) is 28.5 Å². The number of anilines is 2. The molecule has 17 heavy (non-hydrogen) atoms. The molecule has 0 radical (unpaired) electrons. The van der Waals surface area contributed by atoms with Crippen molar-refractivity contribution in [2.24, 2.45) is 0 Å². The summed E-state index contributed by atoms with van der Waals surface area (Å²) in [6, 6.07) is 13.6. The summed E-state index contributed by atoms with van der Waals surface area (Å²) in [7, 11) is 0. The Kier molecular flexibility index (Phi) is 3.06. The van der Waals surface area contributed by atoms with Crippen LogP contribution in [0.5, 0.6) is 0 Å². The maximum atomic E-state index is 8.79. The van der Waals surface area contributed by atoms with Crippen LogP contribution in [-0.4, -0.2) is 4.98 Å². The molecule has 3 nitrogen and oxygen atoms in total. The molecule has 1 heterocycles. The predicted octanol–water partition coefficient (Wildman–Crippen LogP) is 3.31. The molecule has 1 aromatic heterocycles. The Hall–Kier alpha value is -2.34. The number of hydrogen-bond acceptors (Lipinski definition) is 3. The van der Waals surface area contributed by atoms with E-state index in [1.807, 2.05) is 32.0 Å². The minimum absolute atomic E-state index is 0.417. The van der Waals surface area contributed by atoms with E-state index in [0.717, 1.165) is 11.3 Å². The number of aromatic nitrogens is 1. The first kappa shape index (κ1) is 11.2. The number of nitrogens with zero attached hydrogens (tertiary/aromatic N) is 2. The van der Waals surface area contributed by atoms with E-state index in [1.165, 1.54) is 5.56 Å². The molecule has 0 atom stereocenters. The molecule has 0 saturated heterocycles. The smallest absolute Gasteiger partial charge is 0.142 e. The van der Waals surface area contributed by atoms with Gasteiger partial charge in [0, 0.05) is 5.69 Å². The Morgan fingerprint density at radius 3 is 2.76 bits per heavy atom. The SMILES string of the molecule is Cc1ccc(C)c(Nc2cccc(C#N)n2)c1. The maximum absolute atomic E-state index is 8.79. The lowest BCUT2D eigenvalue weighted by Crippen LogP contribution is -1.97. The topological polar surface area (TPSA) is 48.7 Å². The standard InChI is InChI=1S/C14H13N3/c1-10-6-7-11(2)13(8-10)17-14-5-3-4-12(9-15)16-14/h3-8H,1-2H3,(H,16,17). The number of hydrogen-bond donors (Lipinski definition) is 1. The normalized spacial score (nSPS) is 9.71. The van der Waals surface area contributed by atoms with Gasteiger partial charge in [0.2, 0.25) is 0 Å². The first-order valence-corrected chi connectivity index (χ1v) is 5.40. The highest BCUT2D eigenvalue weighted by molar-refractivity contribution is 5.61. The third kappa shape index (κ3) is 2.61. The molecule has 84 valence electrons. The summed E-state index contributed by atoms with van der Waals surface area (Å²) in [5.41, 5.74) is 3.78. The summed E-state index contributed by atoms with van der Waals surface area (Å²) in [5, 5.41) is 12.0. The molecular formula is C14H13N3. The van der Waals surface area contributed by atoms with Crippen LogP contribution < -0.4 is 5.32 Å². The zero-order valence-electron chi connectivity index (χ0n) is 9.86. The van der Waals surface area contributed by atoms with E-state index in [0.29, 0.717) is 11.5 Å². The molecule has 0 fully saturated rings. The van der Waals surface area contributed by atoms with Gasteiger partial charge in [-0.1, -0.05) is 18.2 Å². The van der Waals surface area contributed by atoms with Gasteiger partial charge in [0.15, 0.2) is 0 Å². The lowest BCUT2D eigenvalue weighted by atomic mass is 10.1. The van der Waals surface area contributed by atoms with Crippen LogP contribution >= 0.6 is 0 Å². The minimum Gasteiger partial charge on any atom is -0.340 e. The van der Waals surface area contributed by atoms with Gasteiger partial charge in [-0.25, -0.2) is 4.98 Å². The molecule has 1 aromatic carbocycles. The van der Waals surface area contributed by atoms with E-state index in [9.17, 15) is 0 Å². The van der Waals surface area contributed by atoms with Gasteiger partial charge in [0.1, 0.15) is 17.6 Å². The highest BCUT2D eigenvalue weighted by Crippen LogP contribution is 2.20. The number of nitriles is 1. The number of aryl methyl sites for hydroxylation is 2. The Labute approximate surface area is 101 Å². The van der Waals surface area contributed by atoms with Gasteiger partial charge in [0.05, 0.1) is 0 Å². The monoisotopic (exact) mass is 223 g/mol. The third-order valence-corrected chi connectivity index (χ3v) is 2.52. The number of pyridine rings is 1. The molecule has 0 spiro atoms. The average Bonchev–Trinajstić information content (AvgIpc) is 2.34. The molecule has 0 aliphatic heterocycles. The minimum atomic E-state index is 0.417. The highest BCUT2D eigenvalue weighted by atomic mass is 15.0. The van der Waals surface area contributed by atoms with Crippen LogP contribution in [0.3, 0.4) is 0 Å². The number of rotatable bonds is 2. The molecular weight excluding hydrogens is 210 g/mol. The zero-order valence-corrected chi connectivity index (χ0v) is 9.86. The number of benzene rings is 1. The molecule has 0 unspecified atom stereocenters. The van der Waals surface area contributed by atoms with Crippen molar-refractivity contribution in [3.63, 3.8) is 0 Å². The average molecular weight is 223 g/mol. The van der Waals surface area contributed by atoms with Crippen LogP contribution in [0.2, 0.25) is 0 Å². The summed E-state index contributed by atoms with van der Waals surface area (Å²) in [6.45, 7) is 4.08. The summed E-state index contributed by atoms with van der Waals surface area (Å²) in [6.07, 6.45) is 0. The van der Waals surface area contributed by atoms with Crippen LogP contribution in [0, 0.1) is 25.2 Å².